The first-order valence-electron chi connectivity index (χ1n) is 10.5. The van der Waals surface area contributed by atoms with Gasteiger partial charge in [0.2, 0.25) is 0 Å². The summed E-state index contributed by atoms with van der Waals surface area (Å²) in [5, 5.41) is 15.8. The lowest BCUT2D eigenvalue weighted by molar-refractivity contribution is -0.138. The number of nitrogens with one attached hydrogen (secondary N) is 1. The predicted molar refractivity (Wildman–Crippen MR) is 109 cm³/mol. The van der Waals surface area contributed by atoms with Crippen molar-refractivity contribution >= 4 is 17.6 Å². The SMILES string of the molecule is O=C(Nc1ccn(CCO)n1)/C(=C\C1CCCC1)N1Cc2c(cccc2C(F)(F)F)C1=O. The molecule has 1 saturated carbocycles. The highest BCUT2D eigenvalue weighted by Crippen LogP contribution is 2.38. The number of carbonyl (C=O) groups is 2. The van der Waals surface area contributed by atoms with Crippen LogP contribution in [0.1, 0.15) is 47.2 Å². The molecule has 0 unspecified atom stereocenters. The average molecular weight is 448 g/mol. The van der Waals surface area contributed by atoms with Crippen LogP contribution in [0.5, 0.6) is 0 Å². The molecule has 2 aliphatic rings. The number of benzene rings is 1. The van der Waals surface area contributed by atoms with Gasteiger partial charge >= 0.3 is 6.18 Å². The Bertz CT molecular complexity index is 1050. The first kappa shape index (κ1) is 22.1. The first-order valence-corrected chi connectivity index (χ1v) is 10.5. The van der Waals surface area contributed by atoms with Crippen molar-refractivity contribution in [1.82, 2.24) is 14.7 Å². The fourth-order valence-electron chi connectivity index (χ4n) is 4.26. The highest BCUT2D eigenvalue weighted by atomic mass is 19.4. The Morgan fingerprint density at radius 1 is 1.25 bits per heavy atom. The van der Waals surface area contributed by atoms with Crippen LogP contribution in [0.25, 0.3) is 0 Å². The van der Waals surface area contributed by atoms with E-state index in [0.29, 0.717) is 0 Å². The largest absolute Gasteiger partial charge is 0.416 e. The van der Waals surface area contributed by atoms with Gasteiger partial charge in [-0.3, -0.25) is 19.2 Å². The Balaban J connectivity index is 1.65. The van der Waals surface area contributed by atoms with Gasteiger partial charge in [-0.2, -0.15) is 18.3 Å². The number of aliphatic hydroxyl groups is 1. The average Bonchev–Trinajstić information content (AvgIpc) is 3.47. The molecule has 0 saturated heterocycles. The summed E-state index contributed by atoms with van der Waals surface area (Å²) in [4.78, 5) is 27.3. The second-order valence-electron chi connectivity index (χ2n) is 7.96. The fraction of sp³-hybridized carbons (Fsp3) is 0.409. The second-order valence-corrected chi connectivity index (χ2v) is 7.96. The van der Waals surface area contributed by atoms with E-state index in [9.17, 15) is 22.8 Å². The number of aliphatic hydroxyl groups excluding tert-OH is 1. The van der Waals surface area contributed by atoms with Gasteiger partial charge in [-0.05, 0) is 36.5 Å². The molecule has 170 valence electrons. The maximum atomic E-state index is 13.5. The van der Waals surface area contributed by atoms with Crippen LogP contribution in [-0.4, -0.2) is 38.2 Å². The minimum absolute atomic E-state index is 0.0305. The van der Waals surface area contributed by atoms with Crippen LogP contribution in [0.4, 0.5) is 19.0 Å². The molecule has 0 spiro atoms. The molecule has 4 rings (SSSR count). The van der Waals surface area contributed by atoms with E-state index in [2.05, 4.69) is 10.4 Å². The van der Waals surface area contributed by atoms with E-state index in [1.54, 1.807) is 18.3 Å². The number of halogens is 3. The molecule has 32 heavy (non-hydrogen) atoms. The number of allylic oxidation sites excluding steroid dienone is 1. The molecule has 7 nitrogen and oxygen atoms in total. The highest BCUT2D eigenvalue weighted by molar-refractivity contribution is 6.09. The Morgan fingerprint density at radius 3 is 2.69 bits per heavy atom. The molecule has 2 amide bonds. The van der Waals surface area contributed by atoms with Crippen LogP contribution < -0.4 is 5.32 Å². The Labute approximate surface area is 182 Å². The number of hydrogen-bond donors (Lipinski definition) is 2. The van der Waals surface area contributed by atoms with Crippen molar-refractivity contribution in [1.29, 1.82) is 0 Å². The van der Waals surface area contributed by atoms with Crippen molar-refractivity contribution in [3.8, 4) is 0 Å². The van der Waals surface area contributed by atoms with Crippen LogP contribution in [-0.2, 0) is 24.1 Å². The monoisotopic (exact) mass is 448 g/mol. The zero-order valence-electron chi connectivity index (χ0n) is 17.2. The number of hydrogen-bond acceptors (Lipinski definition) is 4. The number of rotatable bonds is 6. The molecule has 2 N–H and O–H groups in total. The lowest BCUT2D eigenvalue weighted by atomic mass is 10.0. The zero-order valence-corrected chi connectivity index (χ0v) is 17.2. The van der Waals surface area contributed by atoms with E-state index in [0.717, 1.165) is 36.6 Å². The fourth-order valence-corrected chi connectivity index (χ4v) is 4.26. The molecule has 2 heterocycles. The Kier molecular flexibility index (Phi) is 6.05. The molecule has 0 radical (unpaired) electrons. The van der Waals surface area contributed by atoms with E-state index < -0.39 is 23.6 Å². The van der Waals surface area contributed by atoms with Gasteiger partial charge in [0, 0.05) is 17.8 Å². The number of aromatic nitrogens is 2. The van der Waals surface area contributed by atoms with Gasteiger partial charge in [-0.15, -0.1) is 0 Å². The molecule has 1 fully saturated rings. The number of fused-ring (bicyclic) bond motifs is 1. The van der Waals surface area contributed by atoms with Crippen molar-refractivity contribution < 1.29 is 27.9 Å². The lowest BCUT2D eigenvalue weighted by Crippen LogP contribution is -2.32. The normalized spacial score (nSPS) is 17.2. The van der Waals surface area contributed by atoms with Crippen molar-refractivity contribution in [2.24, 2.45) is 5.92 Å². The smallest absolute Gasteiger partial charge is 0.394 e. The molecule has 1 aromatic carbocycles. The molecule has 1 aliphatic carbocycles. The van der Waals surface area contributed by atoms with Crippen molar-refractivity contribution in [2.45, 2.75) is 44.9 Å². The molecule has 0 atom stereocenters. The second kappa shape index (κ2) is 8.78. The summed E-state index contributed by atoms with van der Waals surface area (Å²) in [5.74, 6) is -0.945. The minimum Gasteiger partial charge on any atom is -0.394 e. The maximum absolute atomic E-state index is 13.5. The van der Waals surface area contributed by atoms with E-state index in [4.69, 9.17) is 5.11 Å². The molecular weight excluding hydrogens is 425 g/mol. The summed E-state index contributed by atoms with van der Waals surface area (Å²) >= 11 is 0. The van der Waals surface area contributed by atoms with Gasteiger partial charge in [-0.25, -0.2) is 0 Å². The summed E-state index contributed by atoms with van der Waals surface area (Å²) in [6, 6.07) is 5.05. The Morgan fingerprint density at radius 2 is 2.00 bits per heavy atom. The molecule has 0 bridgehead atoms. The third-order valence-electron chi connectivity index (χ3n) is 5.80. The molecule has 1 aromatic heterocycles. The number of alkyl halides is 3. The van der Waals surface area contributed by atoms with Crippen LogP contribution in [0.15, 0.2) is 42.2 Å². The van der Waals surface area contributed by atoms with Gasteiger partial charge in [0.05, 0.1) is 25.3 Å². The van der Waals surface area contributed by atoms with Gasteiger partial charge in [-0.1, -0.05) is 25.0 Å². The van der Waals surface area contributed by atoms with Crippen LogP contribution >= 0.6 is 0 Å². The zero-order chi connectivity index (χ0) is 22.9. The number of carbonyl (C=O) groups excluding carboxylic acids is 2. The van der Waals surface area contributed by atoms with E-state index >= 15 is 0 Å². The van der Waals surface area contributed by atoms with Crippen LogP contribution in [0.3, 0.4) is 0 Å². The van der Waals surface area contributed by atoms with Gasteiger partial charge in [0.15, 0.2) is 5.82 Å². The van der Waals surface area contributed by atoms with Gasteiger partial charge in [0.25, 0.3) is 11.8 Å². The summed E-state index contributed by atoms with van der Waals surface area (Å²) in [5.41, 5.74) is -1.00. The van der Waals surface area contributed by atoms with E-state index in [-0.39, 0.29) is 48.3 Å². The Hall–Kier alpha value is -3.14. The molecule has 10 heteroatoms. The molecular formula is C22H23F3N4O3. The van der Waals surface area contributed by atoms with Gasteiger partial charge in [0.1, 0.15) is 5.70 Å². The summed E-state index contributed by atoms with van der Waals surface area (Å²) in [7, 11) is 0. The number of amides is 2. The van der Waals surface area contributed by atoms with Gasteiger partial charge < -0.3 is 10.4 Å². The molecule has 2 aromatic rings. The molecule has 1 aliphatic heterocycles. The summed E-state index contributed by atoms with van der Waals surface area (Å²) < 4.78 is 41.9. The summed E-state index contributed by atoms with van der Waals surface area (Å²) in [6.45, 7) is -0.195. The highest BCUT2D eigenvalue weighted by Gasteiger charge is 2.41. The van der Waals surface area contributed by atoms with Crippen LogP contribution in [0.2, 0.25) is 0 Å². The topological polar surface area (TPSA) is 87.5 Å². The predicted octanol–water partition coefficient (Wildman–Crippen LogP) is 3.56. The van der Waals surface area contributed by atoms with E-state index in [1.165, 1.54) is 16.8 Å². The standard InChI is InChI=1S/C22H23F3N4O3/c23-22(24,25)17-7-3-6-15-16(17)13-29(21(15)32)18(12-14-4-1-2-5-14)20(31)26-19-8-9-28(27-19)10-11-30/h3,6-9,12,14,30H,1-2,4-5,10-11,13H2,(H,26,27,31)/b18-12+. The minimum atomic E-state index is -4.60. The van der Waals surface area contributed by atoms with Crippen molar-refractivity contribution in [2.75, 3.05) is 11.9 Å². The third-order valence-corrected chi connectivity index (χ3v) is 5.80. The maximum Gasteiger partial charge on any atom is 0.416 e. The van der Waals surface area contributed by atoms with Crippen LogP contribution in [0, 0.1) is 5.92 Å². The quantitative estimate of drug-likeness (QED) is 0.662. The number of anilines is 1. The lowest BCUT2D eigenvalue weighted by Gasteiger charge is -2.21. The van der Waals surface area contributed by atoms with Crippen molar-refractivity contribution in [3.63, 3.8) is 0 Å². The summed E-state index contributed by atoms with van der Waals surface area (Å²) in [6.07, 6.45) is 2.37. The van der Waals surface area contributed by atoms with E-state index in [1.807, 2.05) is 0 Å². The first-order chi connectivity index (χ1) is 15.3. The number of nitrogens with zero attached hydrogens (tertiary/aromatic N) is 3. The third kappa shape index (κ3) is 4.40. The van der Waals surface area contributed by atoms with Crippen molar-refractivity contribution in [3.05, 3.63) is 58.9 Å².